The van der Waals surface area contributed by atoms with Crippen LogP contribution in [0.1, 0.15) is 27.3 Å². The molecule has 0 spiro atoms. The molecule has 35 heavy (non-hydrogen) atoms. The van der Waals surface area contributed by atoms with Gasteiger partial charge in [0.2, 0.25) is 5.89 Å². The van der Waals surface area contributed by atoms with E-state index < -0.39 is 4.92 Å². The molecule has 0 aliphatic heterocycles. The van der Waals surface area contributed by atoms with Crippen LogP contribution in [0.4, 0.5) is 11.4 Å². The Kier molecular flexibility index (Phi) is 5.58. The summed E-state index contributed by atoms with van der Waals surface area (Å²) in [6.07, 6.45) is 0. The summed E-state index contributed by atoms with van der Waals surface area (Å²) < 4.78 is 7.39. The number of hydrogen-bond acceptors (Lipinski definition) is 6. The van der Waals surface area contributed by atoms with Gasteiger partial charge in [0.1, 0.15) is 16.9 Å². The highest BCUT2D eigenvalue weighted by atomic mass is 16.6. The number of nitro groups is 1. The van der Waals surface area contributed by atoms with E-state index in [1.54, 1.807) is 42.8 Å². The number of para-hydroxylation sites is 2. The lowest BCUT2D eigenvalue weighted by atomic mass is 10.1. The van der Waals surface area contributed by atoms with Crippen LogP contribution in [0, 0.1) is 24.0 Å². The molecule has 1 N–H and O–H groups in total. The van der Waals surface area contributed by atoms with Crippen LogP contribution in [0.5, 0.6) is 0 Å². The molecule has 3 aromatic carbocycles. The van der Waals surface area contributed by atoms with Gasteiger partial charge in [-0.05, 0) is 67.9 Å². The number of hydrogen-bond donors (Lipinski definition) is 1. The third kappa shape index (κ3) is 4.39. The fourth-order valence-corrected chi connectivity index (χ4v) is 3.94. The zero-order chi connectivity index (χ0) is 24.5. The first-order valence-electron chi connectivity index (χ1n) is 10.9. The molecule has 0 fully saturated rings. The number of carbonyl (C=O) groups excluding carboxylic acids is 1. The summed E-state index contributed by atoms with van der Waals surface area (Å²) in [6.45, 7) is 3.67. The van der Waals surface area contributed by atoms with Gasteiger partial charge in [-0.1, -0.05) is 24.3 Å². The number of aromatic nitrogens is 3. The topological polar surface area (TPSA) is 116 Å². The Morgan fingerprint density at radius 1 is 1.03 bits per heavy atom. The van der Waals surface area contributed by atoms with Gasteiger partial charge < -0.3 is 9.73 Å². The first kappa shape index (κ1) is 22.0. The van der Waals surface area contributed by atoms with E-state index in [4.69, 9.17) is 4.42 Å². The summed E-state index contributed by atoms with van der Waals surface area (Å²) in [5.74, 6) is 0.278. The maximum atomic E-state index is 12.7. The predicted octanol–water partition coefficient (Wildman–Crippen LogP) is 5.52. The summed E-state index contributed by atoms with van der Waals surface area (Å²) in [5.41, 5.74) is 5.26. The number of nitrogens with zero attached hydrogens (tertiary/aromatic N) is 4. The van der Waals surface area contributed by atoms with Crippen molar-refractivity contribution in [1.29, 1.82) is 0 Å². The minimum Gasteiger partial charge on any atom is -0.436 e. The Hall–Kier alpha value is -4.79. The zero-order valence-electron chi connectivity index (χ0n) is 19.1. The molecular weight excluding hydrogens is 446 g/mol. The Labute approximate surface area is 200 Å². The Balaban J connectivity index is 1.25. The lowest BCUT2D eigenvalue weighted by molar-refractivity contribution is -0.386. The highest BCUT2D eigenvalue weighted by Crippen LogP contribution is 2.26. The van der Waals surface area contributed by atoms with Crippen molar-refractivity contribution in [2.45, 2.75) is 20.4 Å². The fraction of sp³-hybridized carbons (Fsp3) is 0.115. The number of benzene rings is 3. The van der Waals surface area contributed by atoms with E-state index in [2.05, 4.69) is 15.4 Å². The van der Waals surface area contributed by atoms with E-state index in [0.29, 0.717) is 35.1 Å². The third-order valence-corrected chi connectivity index (χ3v) is 5.76. The van der Waals surface area contributed by atoms with Crippen LogP contribution in [0.15, 0.2) is 77.2 Å². The number of aryl methyl sites for hydroxylation is 1. The Bertz CT molecular complexity index is 1520. The average molecular weight is 467 g/mol. The molecule has 9 nitrogen and oxygen atoms in total. The van der Waals surface area contributed by atoms with E-state index in [1.807, 2.05) is 48.5 Å². The van der Waals surface area contributed by atoms with Crippen LogP contribution in [0.3, 0.4) is 0 Å². The van der Waals surface area contributed by atoms with E-state index in [-0.39, 0.29) is 11.6 Å². The molecule has 0 saturated heterocycles. The third-order valence-electron chi connectivity index (χ3n) is 5.76. The largest absolute Gasteiger partial charge is 0.436 e. The van der Waals surface area contributed by atoms with Crippen molar-refractivity contribution in [2.75, 3.05) is 5.32 Å². The Morgan fingerprint density at radius 2 is 1.74 bits per heavy atom. The molecule has 0 bridgehead atoms. The molecule has 5 aromatic rings. The van der Waals surface area contributed by atoms with Crippen molar-refractivity contribution in [2.24, 2.45) is 0 Å². The molecule has 0 atom stereocenters. The zero-order valence-corrected chi connectivity index (χ0v) is 19.1. The predicted molar refractivity (Wildman–Crippen MR) is 131 cm³/mol. The van der Waals surface area contributed by atoms with Crippen molar-refractivity contribution in [1.82, 2.24) is 14.8 Å². The minimum absolute atomic E-state index is 0.0307. The van der Waals surface area contributed by atoms with E-state index in [9.17, 15) is 14.9 Å². The monoisotopic (exact) mass is 467 g/mol. The summed E-state index contributed by atoms with van der Waals surface area (Å²) in [4.78, 5) is 28.0. The fourth-order valence-electron chi connectivity index (χ4n) is 3.94. The van der Waals surface area contributed by atoms with E-state index in [0.717, 1.165) is 22.2 Å². The summed E-state index contributed by atoms with van der Waals surface area (Å²) in [7, 11) is 0. The molecule has 0 aliphatic carbocycles. The maximum Gasteiger partial charge on any atom is 0.312 e. The molecule has 174 valence electrons. The van der Waals surface area contributed by atoms with Crippen LogP contribution in [-0.2, 0) is 6.54 Å². The van der Waals surface area contributed by atoms with Crippen molar-refractivity contribution < 1.29 is 14.1 Å². The number of anilines is 1. The van der Waals surface area contributed by atoms with Crippen molar-refractivity contribution >= 4 is 28.4 Å². The maximum absolute atomic E-state index is 12.7. The van der Waals surface area contributed by atoms with Gasteiger partial charge in [-0.2, -0.15) is 5.10 Å². The second kappa shape index (κ2) is 8.86. The minimum atomic E-state index is -0.415. The van der Waals surface area contributed by atoms with Gasteiger partial charge in [0.25, 0.3) is 5.91 Å². The second-order valence-corrected chi connectivity index (χ2v) is 8.15. The van der Waals surface area contributed by atoms with Crippen LogP contribution in [0.25, 0.3) is 22.6 Å². The van der Waals surface area contributed by atoms with Crippen LogP contribution >= 0.6 is 0 Å². The summed E-state index contributed by atoms with van der Waals surface area (Å²) in [6, 6.07) is 21.9. The number of nitrogens with one attached hydrogen (secondary N) is 1. The van der Waals surface area contributed by atoms with Gasteiger partial charge in [-0.3, -0.25) is 19.6 Å². The molecular formula is C26H21N5O4. The quantitative estimate of drug-likeness (QED) is 0.260. The normalized spacial score (nSPS) is 11.0. The molecule has 0 aliphatic rings. The standard InChI is InChI=1S/C26H21N5O4/c1-16-24(31(33)34)17(2)30(29-16)15-18-7-9-19(10-8-18)25(32)27-21-13-11-20(12-14-21)26-28-22-5-3-4-6-23(22)35-26/h3-14H,15H2,1-2H3,(H,27,32). The summed E-state index contributed by atoms with van der Waals surface area (Å²) in [5, 5.41) is 18.4. The van der Waals surface area contributed by atoms with Crippen molar-refractivity contribution in [3.8, 4) is 11.5 Å². The lowest BCUT2D eigenvalue weighted by Crippen LogP contribution is -2.12. The van der Waals surface area contributed by atoms with Crippen LogP contribution in [-0.4, -0.2) is 25.6 Å². The molecule has 0 saturated carbocycles. The first-order valence-corrected chi connectivity index (χ1v) is 10.9. The molecule has 0 unspecified atom stereocenters. The molecule has 9 heteroatoms. The SMILES string of the molecule is Cc1nn(Cc2ccc(C(=O)Nc3ccc(-c4nc5ccccc5o4)cc3)cc2)c(C)c1[N+](=O)[O-]. The number of carbonyl (C=O) groups is 1. The Morgan fingerprint density at radius 3 is 2.40 bits per heavy atom. The molecule has 5 rings (SSSR count). The number of rotatable bonds is 6. The average Bonchev–Trinajstić information content (AvgIpc) is 3.40. The summed E-state index contributed by atoms with van der Waals surface area (Å²) >= 11 is 0. The molecule has 0 radical (unpaired) electrons. The van der Waals surface area contributed by atoms with E-state index in [1.165, 1.54) is 0 Å². The van der Waals surface area contributed by atoms with Crippen LogP contribution < -0.4 is 5.32 Å². The van der Waals surface area contributed by atoms with Crippen molar-refractivity contribution in [3.63, 3.8) is 0 Å². The molecule has 2 aromatic heterocycles. The number of amides is 1. The number of fused-ring (bicyclic) bond motifs is 1. The van der Waals surface area contributed by atoms with Gasteiger partial charge >= 0.3 is 5.69 Å². The molecule has 1 amide bonds. The van der Waals surface area contributed by atoms with Gasteiger partial charge in [0.05, 0.1) is 11.5 Å². The van der Waals surface area contributed by atoms with Gasteiger partial charge in [0.15, 0.2) is 5.58 Å². The van der Waals surface area contributed by atoms with Crippen LogP contribution in [0.2, 0.25) is 0 Å². The van der Waals surface area contributed by atoms with Gasteiger partial charge in [-0.15, -0.1) is 0 Å². The molecule has 2 heterocycles. The van der Waals surface area contributed by atoms with Crippen molar-refractivity contribution in [3.05, 3.63) is 105 Å². The number of oxazole rings is 1. The highest BCUT2D eigenvalue weighted by molar-refractivity contribution is 6.04. The van der Waals surface area contributed by atoms with Gasteiger partial charge in [0, 0.05) is 16.8 Å². The van der Waals surface area contributed by atoms with E-state index >= 15 is 0 Å². The second-order valence-electron chi connectivity index (χ2n) is 8.15. The highest BCUT2D eigenvalue weighted by Gasteiger charge is 2.21. The lowest BCUT2D eigenvalue weighted by Gasteiger charge is -2.08. The van der Waals surface area contributed by atoms with Gasteiger partial charge in [-0.25, -0.2) is 4.98 Å². The first-order chi connectivity index (χ1) is 16.9. The smallest absolute Gasteiger partial charge is 0.312 e.